The van der Waals surface area contributed by atoms with Crippen LogP contribution in [0.25, 0.3) is 0 Å². The SMILES string of the molecule is Cc1cccc(OCCNC(=O)C[NH+]2CCc3ccccc3C2)c1. The van der Waals surface area contributed by atoms with Crippen molar-refractivity contribution in [1.82, 2.24) is 5.32 Å². The van der Waals surface area contributed by atoms with Gasteiger partial charge in [0, 0.05) is 12.0 Å². The lowest BCUT2D eigenvalue weighted by atomic mass is 10.00. The summed E-state index contributed by atoms with van der Waals surface area (Å²) < 4.78 is 5.65. The Morgan fingerprint density at radius 2 is 2.00 bits per heavy atom. The van der Waals surface area contributed by atoms with E-state index in [1.165, 1.54) is 21.6 Å². The summed E-state index contributed by atoms with van der Waals surface area (Å²) in [5.41, 5.74) is 3.97. The molecule has 0 aromatic heterocycles. The van der Waals surface area contributed by atoms with Crippen molar-refractivity contribution in [3.8, 4) is 5.75 Å². The summed E-state index contributed by atoms with van der Waals surface area (Å²) in [6, 6.07) is 16.5. The van der Waals surface area contributed by atoms with Gasteiger partial charge in [-0.05, 0) is 30.2 Å². The van der Waals surface area contributed by atoms with Crippen LogP contribution in [0.1, 0.15) is 16.7 Å². The van der Waals surface area contributed by atoms with Gasteiger partial charge in [0.05, 0.1) is 13.1 Å². The lowest BCUT2D eigenvalue weighted by Crippen LogP contribution is -3.12. The Labute approximate surface area is 143 Å². The van der Waals surface area contributed by atoms with Crippen molar-refractivity contribution in [3.05, 3.63) is 65.2 Å². The summed E-state index contributed by atoms with van der Waals surface area (Å²) in [5, 5.41) is 2.95. The van der Waals surface area contributed by atoms with Gasteiger partial charge >= 0.3 is 0 Å². The molecule has 126 valence electrons. The third-order valence-corrected chi connectivity index (χ3v) is 4.40. The Morgan fingerprint density at radius 1 is 1.17 bits per heavy atom. The highest BCUT2D eigenvalue weighted by Gasteiger charge is 2.20. The number of rotatable bonds is 6. The second-order valence-electron chi connectivity index (χ2n) is 6.39. The average molecular weight is 325 g/mol. The van der Waals surface area contributed by atoms with E-state index in [0.717, 1.165) is 25.3 Å². The summed E-state index contributed by atoms with van der Waals surface area (Å²) >= 11 is 0. The van der Waals surface area contributed by atoms with Gasteiger partial charge in [0.1, 0.15) is 18.9 Å². The van der Waals surface area contributed by atoms with Gasteiger partial charge in [-0.2, -0.15) is 0 Å². The van der Waals surface area contributed by atoms with Gasteiger partial charge in [-0.15, -0.1) is 0 Å². The molecule has 24 heavy (non-hydrogen) atoms. The van der Waals surface area contributed by atoms with Crippen LogP contribution in [-0.4, -0.2) is 32.1 Å². The molecule has 0 spiro atoms. The van der Waals surface area contributed by atoms with Crippen LogP contribution in [-0.2, 0) is 17.8 Å². The second-order valence-corrected chi connectivity index (χ2v) is 6.39. The van der Waals surface area contributed by atoms with Crippen LogP contribution in [0.5, 0.6) is 5.75 Å². The topological polar surface area (TPSA) is 42.8 Å². The zero-order valence-electron chi connectivity index (χ0n) is 14.2. The van der Waals surface area contributed by atoms with Gasteiger partial charge < -0.3 is 15.0 Å². The van der Waals surface area contributed by atoms with Crippen molar-refractivity contribution in [2.45, 2.75) is 19.9 Å². The maximum atomic E-state index is 12.1. The first-order valence-corrected chi connectivity index (χ1v) is 8.57. The smallest absolute Gasteiger partial charge is 0.275 e. The summed E-state index contributed by atoms with van der Waals surface area (Å²) in [5.74, 6) is 0.944. The fraction of sp³-hybridized carbons (Fsp3) is 0.350. The predicted octanol–water partition coefficient (Wildman–Crippen LogP) is 1.13. The van der Waals surface area contributed by atoms with Crippen molar-refractivity contribution < 1.29 is 14.4 Å². The standard InChI is InChI=1S/C20H24N2O2/c1-16-5-4-8-19(13-16)24-12-10-21-20(23)15-22-11-9-17-6-2-3-7-18(17)14-22/h2-8,13H,9-12,14-15H2,1H3,(H,21,23)/p+1. The molecule has 0 bridgehead atoms. The molecule has 3 rings (SSSR count). The van der Waals surface area contributed by atoms with E-state index in [2.05, 4.69) is 29.6 Å². The Kier molecular flexibility index (Phi) is 5.49. The van der Waals surface area contributed by atoms with Gasteiger partial charge in [0.25, 0.3) is 5.91 Å². The zero-order valence-corrected chi connectivity index (χ0v) is 14.2. The van der Waals surface area contributed by atoms with Gasteiger partial charge in [-0.3, -0.25) is 4.79 Å². The van der Waals surface area contributed by atoms with Gasteiger partial charge in [-0.25, -0.2) is 0 Å². The van der Waals surface area contributed by atoms with Crippen molar-refractivity contribution in [3.63, 3.8) is 0 Å². The highest BCUT2D eigenvalue weighted by atomic mass is 16.5. The van der Waals surface area contributed by atoms with Crippen LogP contribution in [0.4, 0.5) is 0 Å². The Bertz CT molecular complexity index is 700. The van der Waals surface area contributed by atoms with E-state index in [1.807, 2.05) is 31.2 Å². The quantitative estimate of drug-likeness (QED) is 0.782. The highest BCUT2D eigenvalue weighted by Crippen LogP contribution is 2.12. The maximum Gasteiger partial charge on any atom is 0.275 e. The van der Waals surface area contributed by atoms with E-state index >= 15 is 0 Å². The molecule has 4 nitrogen and oxygen atoms in total. The molecular formula is C20H25N2O2+. The first kappa shape index (κ1) is 16.5. The maximum absolute atomic E-state index is 12.1. The van der Waals surface area contributed by atoms with Crippen LogP contribution < -0.4 is 15.0 Å². The number of ether oxygens (including phenoxy) is 1. The van der Waals surface area contributed by atoms with Gasteiger partial charge in [0.15, 0.2) is 6.54 Å². The molecule has 2 aromatic rings. The summed E-state index contributed by atoms with van der Waals surface area (Å²) in [6.45, 7) is 5.55. The summed E-state index contributed by atoms with van der Waals surface area (Å²) in [6.07, 6.45) is 1.05. The minimum atomic E-state index is 0.0947. The predicted molar refractivity (Wildman–Crippen MR) is 94.2 cm³/mol. The molecule has 0 saturated carbocycles. The van der Waals surface area contributed by atoms with E-state index in [-0.39, 0.29) is 5.91 Å². The Hall–Kier alpha value is -2.33. The van der Waals surface area contributed by atoms with Crippen molar-refractivity contribution in [2.75, 3.05) is 26.2 Å². The fourth-order valence-corrected chi connectivity index (χ4v) is 3.15. The molecule has 1 amide bonds. The van der Waals surface area contributed by atoms with E-state index in [4.69, 9.17) is 4.74 Å². The molecule has 0 saturated heterocycles. The summed E-state index contributed by atoms with van der Waals surface area (Å²) in [7, 11) is 0. The Morgan fingerprint density at radius 3 is 2.83 bits per heavy atom. The van der Waals surface area contributed by atoms with Crippen LogP contribution in [0.15, 0.2) is 48.5 Å². The number of carbonyl (C=O) groups excluding carboxylic acids is 1. The molecule has 0 radical (unpaired) electrons. The van der Waals surface area contributed by atoms with E-state index in [9.17, 15) is 4.79 Å². The lowest BCUT2D eigenvalue weighted by molar-refractivity contribution is -0.908. The van der Waals surface area contributed by atoms with Gasteiger partial charge in [0.2, 0.25) is 0 Å². The molecular weight excluding hydrogens is 300 g/mol. The number of benzene rings is 2. The van der Waals surface area contributed by atoms with Crippen LogP contribution in [0.2, 0.25) is 0 Å². The third-order valence-electron chi connectivity index (χ3n) is 4.40. The molecule has 0 aliphatic carbocycles. The molecule has 2 aromatic carbocycles. The average Bonchev–Trinajstić information content (AvgIpc) is 2.59. The Balaban J connectivity index is 1.37. The monoisotopic (exact) mass is 325 g/mol. The molecule has 1 heterocycles. The van der Waals surface area contributed by atoms with Crippen LogP contribution in [0, 0.1) is 6.92 Å². The zero-order chi connectivity index (χ0) is 16.8. The first-order valence-electron chi connectivity index (χ1n) is 8.57. The molecule has 2 N–H and O–H groups in total. The van der Waals surface area contributed by atoms with E-state index in [0.29, 0.717) is 19.7 Å². The number of quaternary nitrogens is 1. The number of hydrogen-bond donors (Lipinski definition) is 2. The van der Waals surface area contributed by atoms with Crippen LogP contribution in [0.3, 0.4) is 0 Å². The van der Waals surface area contributed by atoms with Crippen LogP contribution >= 0.6 is 0 Å². The molecule has 4 heteroatoms. The van der Waals surface area contributed by atoms with E-state index in [1.54, 1.807) is 0 Å². The molecule has 1 aliphatic heterocycles. The molecule has 1 atom stereocenters. The molecule has 1 unspecified atom stereocenters. The minimum absolute atomic E-state index is 0.0947. The summed E-state index contributed by atoms with van der Waals surface area (Å²) in [4.78, 5) is 13.4. The number of amides is 1. The van der Waals surface area contributed by atoms with Gasteiger partial charge in [-0.1, -0.05) is 36.4 Å². The fourth-order valence-electron chi connectivity index (χ4n) is 3.15. The number of fused-ring (bicyclic) bond motifs is 1. The van der Waals surface area contributed by atoms with Crippen molar-refractivity contribution in [1.29, 1.82) is 0 Å². The number of carbonyl (C=O) groups is 1. The van der Waals surface area contributed by atoms with E-state index < -0.39 is 0 Å². The lowest BCUT2D eigenvalue weighted by Gasteiger charge is -2.25. The van der Waals surface area contributed by atoms with Crippen molar-refractivity contribution in [2.24, 2.45) is 0 Å². The molecule has 0 fully saturated rings. The third kappa shape index (κ3) is 4.59. The second kappa shape index (κ2) is 7.97. The van der Waals surface area contributed by atoms with Crippen molar-refractivity contribution >= 4 is 5.91 Å². The first-order chi connectivity index (χ1) is 11.7. The number of aryl methyl sites for hydroxylation is 1. The normalized spacial score (nSPS) is 16.3. The largest absolute Gasteiger partial charge is 0.492 e. The highest BCUT2D eigenvalue weighted by molar-refractivity contribution is 5.76. The number of nitrogens with one attached hydrogen (secondary N) is 2. The number of hydrogen-bond acceptors (Lipinski definition) is 2. The molecule has 1 aliphatic rings. The minimum Gasteiger partial charge on any atom is -0.492 e.